The molecule has 1 atom stereocenters. The van der Waals surface area contributed by atoms with Crippen molar-refractivity contribution in [2.45, 2.75) is 45.8 Å². The summed E-state index contributed by atoms with van der Waals surface area (Å²) in [6.45, 7) is 6.20. The summed E-state index contributed by atoms with van der Waals surface area (Å²) in [5.41, 5.74) is 0.507. The second kappa shape index (κ2) is 8.27. The lowest BCUT2D eigenvalue weighted by atomic mass is 10.1. The predicted molar refractivity (Wildman–Crippen MR) is 83.2 cm³/mol. The third-order valence-electron chi connectivity index (χ3n) is 2.79. The maximum absolute atomic E-state index is 12.1. The fraction of sp³-hybridized carbons (Fsp3) is 0.533. The van der Waals surface area contributed by atoms with Crippen LogP contribution in [0.4, 0.5) is 0 Å². The summed E-state index contributed by atoms with van der Waals surface area (Å²) in [7, 11) is 0. The molecule has 0 bridgehead atoms. The van der Waals surface area contributed by atoms with Gasteiger partial charge in [0.2, 0.25) is 0 Å². The van der Waals surface area contributed by atoms with Crippen molar-refractivity contribution < 1.29 is 14.6 Å². The molecule has 0 aliphatic heterocycles. The topological polar surface area (TPSA) is 58.6 Å². The Labute approximate surface area is 128 Å². The average Bonchev–Trinajstić information content (AvgIpc) is 2.37. The Balaban J connectivity index is 2.71. The van der Waals surface area contributed by atoms with Crippen LogP contribution in [0.15, 0.2) is 22.7 Å². The molecule has 112 valence electrons. The average molecular weight is 344 g/mol. The zero-order valence-electron chi connectivity index (χ0n) is 12.1. The summed E-state index contributed by atoms with van der Waals surface area (Å²) < 4.78 is 6.52. The maximum Gasteiger partial charge on any atom is 0.255 e. The van der Waals surface area contributed by atoms with E-state index < -0.39 is 0 Å². The molecule has 0 radical (unpaired) electrons. The molecule has 0 heterocycles. The molecule has 0 fully saturated rings. The van der Waals surface area contributed by atoms with Gasteiger partial charge in [0.25, 0.3) is 5.91 Å². The van der Waals surface area contributed by atoms with Crippen molar-refractivity contribution in [3.05, 3.63) is 28.2 Å². The lowest BCUT2D eigenvalue weighted by Crippen LogP contribution is -2.27. The second-order valence-corrected chi connectivity index (χ2v) is 5.83. The van der Waals surface area contributed by atoms with Crippen LogP contribution in [0, 0.1) is 0 Å². The Morgan fingerprint density at radius 3 is 2.75 bits per heavy atom. The number of amides is 1. The summed E-state index contributed by atoms with van der Waals surface area (Å²) in [5, 5.41) is 12.3. The highest BCUT2D eigenvalue weighted by Crippen LogP contribution is 2.24. The molecule has 0 aromatic heterocycles. The molecule has 0 aliphatic carbocycles. The summed E-state index contributed by atoms with van der Waals surface area (Å²) in [4.78, 5) is 12.1. The van der Waals surface area contributed by atoms with E-state index >= 15 is 0 Å². The van der Waals surface area contributed by atoms with Gasteiger partial charge in [-0.05, 0) is 44.9 Å². The van der Waals surface area contributed by atoms with Crippen LogP contribution in [0.1, 0.15) is 44.0 Å². The second-order valence-electron chi connectivity index (χ2n) is 4.91. The van der Waals surface area contributed by atoms with Crippen LogP contribution >= 0.6 is 15.9 Å². The van der Waals surface area contributed by atoms with E-state index in [1.165, 1.54) is 0 Å². The monoisotopic (exact) mass is 343 g/mol. The lowest BCUT2D eigenvalue weighted by molar-refractivity contribution is 0.0936. The zero-order chi connectivity index (χ0) is 15.1. The van der Waals surface area contributed by atoms with Crippen molar-refractivity contribution in [3.63, 3.8) is 0 Å². The van der Waals surface area contributed by atoms with Crippen LogP contribution in [0.2, 0.25) is 0 Å². The zero-order valence-corrected chi connectivity index (χ0v) is 13.7. The minimum atomic E-state index is -0.369. The van der Waals surface area contributed by atoms with Crippen molar-refractivity contribution in [3.8, 4) is 5.75 Å². The summed E-state index contributed by atoms with van der Waals surface area (Å²) >= 11 is 3.37. The van der Waals surface area contributed by atoms with Gasteiger partial charge in [-0.15, -0.1) is 0 Å². The van der Waals surface area contributed by atoms with Gasteiger partial charge in [0, 0.05) is 11.0 Å². The number of hydrogen-bond donors (Lipinski definition) is 2. The van der Waals surface area contributed by atoms with Crippen molar-refractivity contribution in [2.24, 2.45) is 0 Å². The van der Waals surface area contributed by atoms with E-state index in [4.69, 9.17) is 4.74 Å². The number of aliphatic hydroxyl groups is 1. The van der Waals surface area contributed by atoms with Crippen LogP contribution < -0.4 is 10.1 Å². The first-order chi connectivity index (χ1) is 9.43. The standard InChI is InChI=1S/C15H22BrNO3/c1-4-12(18)7-8-17-15(19)13-6-5-11(16)9-14(13)20-10(2)3/h5-6,9-10,12,18H,4,7-8H2,1-3H3,(H,17,19). The molecule has 0 saturated carbocycles. The molecule has 1 aromatic carbocycles. The largest absolute Gasteiger partial charge is 0.490 e. The number of halogens is 1. The highest BCUT2D eigenvalue weighted by Gasteiger charge is 2.14. The van der Waals surface area contributed by atoms with Crippen LogP contribution in [-0.2, 0) is 0 Å². The SMILES string of the molecule is CCC(O)CCNC(=O)c1ccc(Br)cc1OC(C)C. The van der Waals surface area contributed by atoms with Crippen molar-refractivity contribution in [2.75, 3.05) is 6.54 Å². The fourth-order valence-corrected chi connectivity index (χ4v) is 2.03. The van der Waals surface area contributed by atoms with Crippen molar-refractivity contribution >= 4 is 21.8 Å². The molecule has 1 aromatic rings. The number of rotatable bonds is 7. The van der Waals surface area contributed by atoms with Gasteiger partial charge in [-0.1, -0.05) is 22.9 Å². The van der Waals surface area contributed by atoms with Crippen LogP contribution in [-0.4, -0.2) is 29.8 Å². The lowest BCUT2D eigenvalue weighted by Gasteiger charge is -2.15. The highest BCUT2D eigenvalue weighted by molar-refractivity contribution is 9.10. The van der Waals surface area contributed by atoms with Gasteiger partial charge in [-0.25, -0.2) is 0 Å². The number of carbonyl (C=O) groups is 1. The molecular formula is C15H22BrNO3. The normalized spacial score (nSPS) is 12.3. The van der Waals surface area contributed by atoms with E-state index in [-0.39, 0.29) is 18.1 Å². The Hall–Kier alpha value is -1.07. The van der Waals surface area contributed by atoms with E-state index in [1.807, 2.05) is 26.8 Å². The van der Waals surface area contributed by atoms with Crippen molar-refractivity contribution in [1.29, 1.82) is 0 Å². The molecule has 1 unspecified atom stereocenters. The smallest absolute Gasteiger partial charge is 0.255 e. The Morgan fingerprint density at radius 2 is 2.15 bits per heavy atom. The van der Waals surface area contributed by atoms with Gasteiger partial charge in [-0.3, -0.25) is 4.79 Å². The van der Waals surface area contributed by atoms with Gasteiger partial charge in [0.15, 0.2) is 0 Å². The number of ether oxygens (including phenoxy) is 1. The quantitative estimate of drug-likeness (QED) is 0.799. The van der Waals surface area contributed by atoms with Gasteiger partial charge >= 0.3 is 0 Å². The van der Waals surface area contributed by atoms with E-state index in [2.05, 4.69) is 21.2 Å². The van der Waals surface area contributed by atoms with Gasteiger partial charge in [-0.2, -0.15) is 0 Å². The van der Waals surface area contributed by atoms with Crippen LogP contribution in [0.3, 0.4) is 0 Å². The fourth-order valence-electron chi connectivity index (χ4n) is 1.69. The maximum atomic E-state index is 12.1. The van der Waals surface area contributed by atoms with Gasteiger partial charge in [0.05, 0.1) is 17.8 Å². The molecule has 5 heteroatoms. The molecule has 4 nitrogen and oxygen atoms in total. The first-order valence-electron chi connectivity index (χ1n) is 6.86. The predicted octanol–water partition coefficient (Wildman–Crippen LogP) is 3.13. The summed E-state index contributed by atoms with van der Waals surface area (Å²) in [5.74, 6) is 0.374. The molecule has 1 amide bonds. The minimum Gasteiger partial charge on any atom is -0.490 e. The molecule has 20 heavy (non-hydrogen) atoms. The molecule has 1 rings (SSSR count). The van der Waals surface area contributed by atoms with E-state index in [1.54, 1.807) is 12.1 Å². The van der Waals surface area contributed by atoms with E-state index in [9.17, 15) is 9.90 Å². The number of aliphatic hydroxyl groups excluding tert-OH is 1. The molecule has 2 N–H and O–H groups in total. The van der Waals surface area contributed by atoms with E-state index in [0.29, 0.717) is 30.7 Å². The Morgan fingerprint density at radius 1 is 1.45 bits per heavy atom. The number of benzene rings is 1. The summed E-state index contributed by atoms with van der Waals surface area (Å²) in [6, 6.07) is 5.33. The number of carbonyl (C=O) groups excluding carboxylic acids is 1. The molecular weight excluding hydrogens is 322 g/mol. The Kier molecular flexibility index (Phi) is 7.02. The molecule has 0 aliphatic rings. The van der Waals surface area contributed by atoms with Crippen LogP contribution in [0.25, 0.3) is 0 Å². The first kappa shape index (κ1) is 17.0. The number of nitrogens with one attached hydrogen (secondary N) is 1. The first-order valence-corrected chi connectivity index (χ1v) is 7.65. The van der Waals surface area contributed by atoms with Crippen LogP contribution in [0.5, 0.6) is 5.75 Å². The Bertz CT molecular complexity index is 449. The summed E-state index contributed by atoms with van der Waals surface area (Å²) in [6.07, 6.45) is 0.874. The van der Waals surface area contributed by atoms with E-state index in [0.717, 1.165) is 4.47 Å². The molecule has 0 spiro atoms. The van der Waals surface area contributed by atoms with Gasteiger partial charge in [0.1, 0.15) is 5.75 Å². The third kappa shape index (κ3) is 5.51. The third-order valence-corrected chi connectivity index (χ3v) is 3.28. The van der Waals surface area contributed by atoms with Crippen molar-refractivity contribution in [1.82, 2.24) is 5.32 Å². The molecule has 0 saturated heterocycles. The minimum absolute atomic E-state index is 0.00207. The number of hydrogen-bond acceptors (Lipinski definition) is 3. The highest BCUT2D eigenvalue weighted by atomic mass is 79.9. The van der Waals surface area contributed by atoms with Gasteiger partial charge < -0.3 is 15.2 Å².